The summed E-state index contributed by atoms with van der Waals surface area (Å²) in [6, 6.07) is 10.4. The van der Waals surface area contributed by atoms with E-state index >= 15 is 0 Å². The zero-order valence-electron chi connectivity index (χ0n) is 13.3. The van der Waals surface area contributed by atoms with E-state index in [9.17, 15) is 18.3 Å². The second kappa shape index (κ2) is 7.14. The summed E-state index contributed by atoms with van der Waals surface area (Å²) in [6.45, 7) is 2.10. The van der Waals surface area contributed by atoms with Crippen LogP contribution >= 0.6 is 0 Å². The number of aromatic hydroxyl groups is 1. The van der Waals surface area contributed by atoms with Gasteiger partial charge in [0.05, 0.1) is 24.5 Å². The van der Waals surface area contributed by atoms with Crippen molar-refractivity contribution in [1.82, 2.24) is 0 Å². The van der Waals surface area contributed by atoms with E-state index in [-0.39, 0.29) is 11.4 Å². The fourth-order valence-corrected chi connectivity index (χ4v) is 2.62. The number of benzene rings is 2. The van der Waals surface area contributed by atoms with Gasteiger partial charge in [0.1, 0.15) is 5.75 Å². The molecule has 132 valence electrons. The Balaban J connectivity index is 1.94. The largest absolute Gasteiger partial charge is 0.507 e. The Morgan fingerprint density at radius 1 is 1.08 bits per heavy atom. The van der Waals surface area contributed by atoms with Crippen molar-refractivity contribution in [3.8, 4) is 5.75 Å². The van der Waals surface area contributed by atoms with Crippen molar-refractivity contribution >= 4 is 17.6 Å². The van der Waals surface area contributed by atoms with Crippen LogP contribution in [-0.2, 0) is 10.9 Å². The molecule has 1 heterocycles. The molecule has 0 saturated carbocycles. The predicted molar refractivity (Wildman–Crippen MR) is 89.8 cm³/mol. The Morgan fingerprint density at radius 2 is 1.80 bits per heavy atom. The molecule has 3 rings (SSSR count). The number of anilines is 1. The van der Waals surface area contributed by atoms with E-state index in [1.807, 2.05) is 4.90 Å². The number of rotatable bonds is 3. The number of aliphatic imine (C=N–C) groups is 1. The van der Waals surface area contributed by atoms with Crippen molar-refractivity contribution in [3.05, 3.63) is 53.6 Å². The zero-order chi connectivity index (χ0) is 17.9. The Labute approximate surface area is 143 Å². The van der Waals surface area contributed by atoms with E-state index in [2.05, 4.69) is 4.99 Å². The molecule has 2 aromatic carbocycles. The van der Waals surface area contributed by atoms with Crippen molar-refractivity contribution in [1.29, 1.82) is 0 Å². The van der Waals surface area contributed by atoms with Crippen LogP contribution in [0, 0.1) is 0 Å². The molecule has 0 bridgehead atoms. The molecule has 2 aromatic rings. The van der Waals surface area contributed by atoms with E-state index in [1.54, 1.807) is 24.3 Å². The third kappa shape index (κ3) is 4.11. The zero-order valence-corrected chi connectivity index (χ0v) is 13.3. The molecule has 25 heavy (non-hydrogen) atoms. The quantitative estimate of drug-likeness (QED) is 0.851. The van der Waals surface area contributed by atoms with Gasteiger partial charge in [-0.3, -0.25) is 4.99 Å². The maximum Gasteiger partial charge on any atom is 0.418 e. The fourth-order valence-electron chi connectivity index (χ4n) is 2.62. The van der Waals surface area contributed by atoms with Crippen LogP contribution in [0.1, 0.15) is 11.1 Å². The molecule has 0 aromatic heterocycles. The minimum atomic E-state index is -4.52. The van der Waals surface area contributed by atoms with E-state index in [0.29, 0.717) is 37.6 Å². The van der Waals surface area contributed by atoms with Crippen LogP contribution in [0.2, 0.25) is 0 Å². The highest BCUT2D eigenvalue weighted by Crippen LogP contribution is 2.39. The van der Waals surface area contributed by atoms with Crippen LogP contribution < -0.4 is 4.90 Å². The van der Waals surface area contributed by atoms with Crippen molar-refractivity contribution in [2.75, 3.05) is 31.2 Å². The molecular weight excluding hydrogens is 333 g/mol. The Hall–Kier alpha value is -2.54. The highest BCUT2D eigenvalue weighted by Gasteiger charge is 2.34. The molecule has 1 N–H and O–H groups in total. The van der Waals surface area contributed by atoms with E-state index < -0.39 is 11.7 Å². The van der Waals surface area contributed by atoms with Gasteiger partial charge in [-0.05, 0) is 30.3 Å². The molecule has 1 aliphatic rings. The van der Waals surface area contributed by atoms with E-state index in [4.69, 9.17) is 4.74 Å². The van der Waals surface area contributed by atoms with Crippen molar-refractivity contribution in [3.63, 3.8) is 0 Å². The van der Waals surface area contributed by atoms with E-state index in [0.717, 1.165) is 6.07 Å². The van der Waals surface area contributed by atoms with Crippen LogP contribution in [0.5, 0.6) is 5.75 Å². The number of morpholine rings is 1. The van der Waals surface area contributed by atoms with Gasteiger partial charge in [-0.1, -0.05) is 12.1 Å². The summed E-state index contributed by atoms with van der Waals surface area (Å²) in [5.41, 5.74) is -0.138. The summed E-state index contributed by atoms with van der Waals surface area (Å²) >= 11 is 0. The number of phenolic OH excluding ortho intramolecular Hbond substituents is 1. The van der Waals surface area contributed by atoms with Gasteiger partial charge < -0.3 is 14.7 Å². The highest BCUT2D eigenvalue weighted by molar-refractivity contribution is 5.85. The molecule has 1 fully saturated rings. The first-order chi connectivity index (χ1) is 11.9. The lowest BCUT2D eigenvalue weighted by Crippen LogP contribution is -2.36. The van der Waals surface area contributed by atoms with Crippen LogP contribution in [0.15, 0.2) is 47.5 Å². The molecule has 1 aliphatic heterocycles. The van der Waals surface area contributed by atoms with Crippen molar-refractivity contribution in [2.45, 2.75) is 6.18 Å². The standard InChI is InChI=1S/C18H17F3N2O2/c19-18(20,21)15-11-14(23-7-9-25-10-8-23)5-6-16(15)22-12-13-3-1-2-4-17(13)24/h1-6,11-12,24H,7-10H2. The molecule has 0 unspecified atom stereocenters. The SMILES string of the molecule is Oc1ccccc1C=Nc1ccc(N2CCOCC2)cc1C(F)(F)F. The minimum Gasteiger partial charge on any atom is -0.507 e. The smallest absolute Gasteiger partial charge is 0.418 e. The first kappa shape index (κ1) is 17.3. The normalized spacial score (nSPS) is 15.7. The lowest BCUT2D eigenvalue weighted by Gasteiger charge is -2.29. The molecule has 0 aliphatic carbocycles. The molecule has 0 spiro atoms. The minimum absolute atomic E-state index is 0.0373. The van der Waals surface area contributed by atoms with Crippen LogP contribution in [0.25, 0.3) is 0 Å². The third-order valence-electron chi connectivity index (χ3n) is 3.94. The third-order valence-corrected chi connectivity index (χ3v) is 3.94. The lowest BCUT2D eigenvalue weighted by atomic mass is 10.1. The van der Waals surface area contributed by atoms with Crippen LogP contribution in [-0.4, -0.2) is 37.6 Å². The number of nitrogens with zero attached hydrogens (tertiary/aromatic N) is 2. The fraction of sp³-hybridized carbons (Fsp3) is 0.278. The number of ether oxygens (including phenoxy) is 1. The summed E-state index contributed by atoms with van der Waals surface area (Å²) in [7, 11) is 0. The van der Waals surface area contributed by atoms with Gasteiger partial charge in [0.15, 0.2) is 0 Å². The topological polar surface area (TPSA) is 45.1 Å². The average Bonchev–Trinajstić information content (AvgIpc) is 2.61. The van der Waals surface area contributed by atoms with Crippen LogP contribution in [0.3, 0.4) is 0 Å². The average molecular weight is 350 g/mol. The number of hydrogen-bond acceptors (Lipinski definition) is 4. The van der Waals surface area contributed by atoms with Gasteiger partial charge in [0, 0.05) is 30.6 Å². The number of hydrogen-bond donors (Lipinski definition) is 1. The van der Waals surface area contributed by atoms with Gasteiger partial charge >= 0.3 is 6.18 Å². The van der Waals surface area contributed by atoms with Gasteiger partial charge in [-0.25, -0.2) is 0 Å². The Bertz CT molecular complexity index is 769. The first-order valence-corrected chi connectivity index (χ1v) is 7.81. The monoisotopic (exact) mass is 350 g/mol. The number of phenols is 1. The van der Waals surface area contributed by atoms with Crippen molar-refractivity contribution in [2.24, 2.45) is 4.99 Å². The van der Waals surface area contributed by atoms with Gasteiger partial charge in [-0.15, -0.1) is 0 Å². The summed E-state index contributed by atoms with van der Waals surface area (Å²) in [5, 5.41) is 9.70. The Morgan fingerprint density at radius 3 is 2.48 bits per heavy atom. The predicted octanol–water partition coefficient (Wildman–Crippen LogP) is 4.00. The second-order valence-corrected chi connectivity index (χ2v) is 5.62. The molecule has 0 atom stereocenters. The van der Waals surface area contributed by atoms with E-state index in [1.165, 1.54) is 18.3 Å². The summed E-state index contributed by atoms with van der Waals surface area (Å²) < 4.78 is 45.5. The van der Waals surface area contributed by atoms with Crippen LogP contribution in [0.4, 0.5) is 24.5 Å². The molecular formula is C18H17F3N2O2. The molecule has 0 radical (unpaired) electrons. The maximum atomic E-state index is 13.4. The van der Waals surface area contributed by atoms with Crippen molar-refractivity contribution < 1.29 is 23.0 Å². The summed E-state index contributed by atoms with van der Waals surface area (Å²) in [4.78, 5) is 5.80. The van der Waals surface area contributed by atoms with Gasteiger partial charge in [-0.2, -0.15) is 13.2 Å². The van der Waals surface area contributed by atoms with Gasteiger partial charge in [0.2, 0.25) is 0 Å². The number of para-hydroxylation sites is 1. The number of alkyl halides is 3. The molecule has 0 amide bonds. The Kier molecular flexibility index (Phi) is 4.94. The summed E-state index contributed by atoms with van der Waals surface area (Å²) in [5.74, 6) is -0.0373. The second-order valence-electron chi connectivity index (χ2n) is 5.62. The number of halogens is 3. The summed E-state index contributed by atoms with van der Waals surface area (Å²) in [6.07, 6.45) is -3.29. The van der Waals surface area contributed by atoms with Gasteiger partial charge in [0.25, 0.3) is 0 Å². The lowest BCUT2D eigenvalue weighted by molar-refractivity contribution is -0.137. The molecule has 7 heteroatoms. The molecule has 1 saturated heterocycles. The maximum absolute atomic E-state index is 13.4. The molecule has 4 nitrogen and oxygen atoms in total. The first-order valence-electron chi connectivity index (χ1n) is 7.81. The highest BCUT2D eigenvalue weighted by atomic mass is 19.4.